The number of rotatable bonds is 2. The zero-order chi connectivity index (χ0) is 14.8. The Bertz CT molecular complexity index is 836. The predicted octanol–water partition coefficient (Wildman–Crippen LogP) is 3.24. The summed E-state index contributed by atoms with van der Waals surface area (Å²) in [5, 5.41) is 14.3. The maximum Gasteiger partial charge on any atom is 0.260 e. The minimum absolute atomic E-state index is 0.0781. The molecule has 0 aliphatic carbocycles. The fraction of sp³-hybridized carbons (Fsp3) is 0. The van der Waals surface area contributed by atoms with E-state index < -0.39 is 5.91 Å². The van der Waals surface area contributed by atoms with Crippen molar-refractivity contribution in [3.05, 3.63) is 59.5 Å². The number of phenolic OH excluding ortho intramolecular Hbond substituents is 1. The Balaban J connectivity index is 1.99. The lowest BCUT2D eigenvalue weighted by Crippen LogP contribution is -2.13. The van der Waals surface area contributed by atoms with Crippen molar-refractivity contribution in [1.29, 1.82) is 0 Å². The van der Waals surface area contributed by atoms with Crippen LogP contribution in [0.15, 0.2) is 48.8 Å². The topological polar surface area (TPSA) is 75.1 Å². The van der Waals surface area contributed by atoms with Crippen molar-refractivity contribution in [2.75, 3.05) is 5.32 Å². The van der Waals surface area contributed by atoms with Crippen LogP contribution in [0.5, 0.6) is 5.75 Å². The lowest BCUT2D eigenvalue weighted by atomic mass is 10.0. The summed E-state index contributed by atoms with van der Waals surface area (Å²) >= 11 is 5.84. The molecule has 3 rings (SSSR count). The van der Waals surface area contributed by atoms with Gasteiger partial charge in [-0.15, -0.1) is 0 Å². The quantitative estimate of drug-likeness (QED) is 0.761. The summed E-state index contributed by atoms with van der Waals surface area (Å²) in [6.07, 6.45) is 2.84. The molecule has 3 aromatic rings. The van der Waals surface area contributed by atoms with Crippen molar-refractivity contribution in [1.82, 2.24) is 9.97 Å². The number of carbonyl (C=O) groups is 1. The summed E-state index contributed by atoms with van der Waals surface area (Å²) < 4.78 is 0. The van der Waals surface area contributed by atoms with Crippen LogP contribution in [-0.4, -0.2) is 21.0 Å². The number of halogens is 1. The molecule has 0 saturated carbocycles. The number of aromatic nitrogens is 2. The number of fused-ring (bicyclic) bond motifs is 1. The van der Waals surface area contributed by atoms with Gasteiger partial charge in [0.15, 0.2) is 11.0 Å². The summed E-state index contributed by atoms with van der Waals surface area (Å²) in [7, 11) is 0. The van der Waals surface area contributed by atoms with Gasteiger partial charge in [-0.05, 0) is 11.5 Å². The van der Waals surface area contributed by atoms with Crippen LogP contribution in [0.3, 0.4) is 0 Å². The molecule has 0 bridgehead atoms. The van der Waals surface area contributed by atoms with Gasteiger partial charge in [0.05, 0.1) is 5.56 Å². The number of nitrogens with zero attached hydrogens (tertiary/aromatic N) is 2. The molecule has 0 atom stereocenters. The Kier molecular flexibility index (Phi) is 3.41. The highest BCUT2D eigenvalue weighted by Crippen LogP contribution is 2.29. The first-order chi connectivity index (χ1) is 10.2. The van der Waals surface area contributed by atoms with E-state index in [2.05, 4.69) is 15.3 Å². The van der Waals surface area contributed by atoms with Gasteiger partial charge in [0.25, 0.3) is 5.91 Å². The van der Waals surface area contributed by atoms with Gasteiger partial charge in [-0.3, -0.25) is 4.79 Å². The molecule has 0 aliphatic rings. The molecule has 5 nitrogen and oxygen atoms in total. The zero-order valence-corrected chi connectivity index (χ0v) is 11.5. The van der Waals surface area contributed by atoms with Crippen LogP contribution in [0.2, 0.25) is 5.15 Å². The largest absolute Gasteiger partial charge is 0.506 e. The fourth-order valence-corrected chi connectivity index (χ4v) is 2.17. The third kappa shape index (κ3) is 2.51. The van der Waals surface area contributed by atoms with Crippen molar-refractivity contribution < 1.29 is 9.90 Å². The van der Waals surface area contributed by atoms with Crippen LogP contribution in [-0.2, 0) is 0 Å². The first kappa shape index (κ1) is 13.3. The molecule has 0 radical (unpaired) electrons. The second-order valence-electron chi connectivity index (χ2n) is 4.33. The number of phenols is 1. The van der Waals surface area contributed by atoms with Crippen LogP contribution in [0, 0.1) is 0 Å². The molecule has 21 heavy (non-hydrogen) atoms. The number of anilines is 1. The number of hydrogen-bond donors (Lipinski definition) is 2. The van der Waals surface area contributed by atoms with Crippen LogP contribution >= 0.6 is 11.6 Å². The second-order valence-corrected chi connectivity index (χ2v) is 4.69. The van der Waals surface area contributed by atoms with Gasteiger partial charge in [0, 0.05) is 17.8 Å². The molecule has 1 aromatic heterocycles. The van der Waals surface area contributed by atoms with Crippen LogP contribution < -0.4 is 5.32 Å². The normalized spacial score (nSPS) is 10.5. The minimum atomic E-state index is -0.499. The number of benzene rings is 2. The van der Waals surface area contributed by atoms with E-state index in [0.717, 1.165) is 5.39 Å². The molecule has 6 heteroatoms. The van der Waals surface area contributed by atoms with Gasteiger partial charge in [-0.1, -0.05) is 41.9 Å². The van der Waals surface area contributed by atoms with E-state index in [1.807, 2.05) is 12.1 Å². The summed E-state index contributed by atoms with van der Waals surface area (Å²) in [5.41, 5.74) is 0.149. The van der Waals surface area contributed by atoms with Gasteiger partial charge >= 0.3 is 0 Å². The second kappa shape index (κ2) is 5.38. The maximum atomic E-state index is 12.2. The van der Waals surface area contributed by atoms with Crippen LogP contribution in [0.4, 0.5) is 5.82 Å². The smallest absolute Gasteiger partial charge is 0.260 e. The Morgan fingerprint density at radius 3 is 2.67 bits per heavy atom. The lowest BCUT2D eigenvalue weighted by molar-refractivity contribution is 0.102. The van der Waals surface area contributed by atoms with Crippen LogP contribution in [0.25, 0.3) is 10.8 Å². The molecule has 1 heterocycles. The molecule has 0 fully saturated rings. The molecular formula is C15H10ClN3O2. The van der Waals surface area contributed by atoms with E-state index in [1.165, 1.54) is 12.4 Å². The highest BCUT2D eigenvalue weighted by Gasteiger charge is 2.15. The molecule has 0 unspecified atom stereocenters. The molecule has 0 aliphatic heterocycles. The monoisotopic (exact) mass is 299 g/mol. The average Bonchev–Trinajstić information content (AvgIpc) is 2.50. The van der Waals surface area contributed by atoms with Gasteiger partial charge in [0.2, 0.25) is 0 Å². The standard InChI is InChI=1S/C15H10ClN3O2/c16-13-14(18-8-7-17-13)19-15(21)11-6-5-9-3-1-2-4-10(9)12(11)20/h1-8,20H,(H,18,19,21). The third-order valence-corrected chi connectivity index (χ3v) is 3.31. The van der Waals surface area contributed by atoms with Crippen molar-refractivity contribution in [2.24, 2.45) is 0 Å². The maximum absolute atomic E-state index is 12.2. The first-order valence-corrected chi connectivity index (χ1v) is 6.53. The van der Waals surface area contributed by atoms with Crippen molar-refractivity contribution >= 4 is 34.1 Å². The van der Waals surface area contributed by atoms with Crippen molar-refractivity contribution in [3.8, 4) is 5.75 Å². The summed E-state index contributed by atoms with van der Waals surface area (Å²) in [6.45, 7) is 0. The molecular weight excluding hydrogens is 290 g/mol. The van der Waals surface area contributed by atoms with Gasteiger partial charge < -0.3 is 10.4 Å². The molecule has 0 saturated heterocycles. The molecule has 2 N–H and O–H groups in total. The van der Waals surface area contributed by atoms with Crippen molar-refractivity contribution in [2.45, 2.75) is 0 Å². The van der Waals surface area contributed by atoms with E-state index >= 15 is 0 Å². The summed E-state index contributed by atoms with van der Waals surface area (Å²) in [6, 6.07) is 10.6. The fourth-order valence-electron chi connectivity index (χ4n) is 2.02. The summed E-state index contributed by atoms with van der Waals surface area (Å²) in [5.74, 6) is -0.428. The van der Waals surface area contributed by atoms with Crippen LogP contribution in [0.1, 0.15) is 10.4 Å². The Labute approximate surface area is 125 Å². The van der Waals surface area contributed by atoms with E-state index in [0.29, 0.717) is 5.39 Å². The lowest BCUT2D eigenvalue weighted by Gasteiger charge is -2.09. The molecule has 104 valence electrons. The van der Waals surface area contributed by atoms with E-state index in [1.54, 1.807) is 24.3 Å². The zero-order valence-electron chi connectivity index (χ0n) is 10.7. The highest BCUT2D eigenvalue weighted by molar-refractivity contribution is 6.32. The Hall–Kier alpha value is -2.66. The Morgan fingerprint density at radius 2 is 1.86 bits per heavy atom. The molecule has 1 amide bonds. The average molecular weight is 300 g/mol. The first-order valence-electron chi connectivity index (χ1n) is 6.15. The molecule has 2 aromatic carbocycles. The number of nitrogens with one attached hydrogen (secondary N) is 1. The van der Waals surface area contributed by atoms with Crippen molar-refractivity contribution in [3.63, 3.8) is 0 Å². The van der Waals surface area contributed by atoms with E-state index in [9.17, 15) is 9.90 Å². The highest BCUT2D eigenvalue weighted by atomic mass is 35.5. The van der Waals surface area contributed by atoms with Gasteiger partial charge in [-0.25, -0.2) is 9.97 Å². The number of amides is 1. The predicted molar refractivity (Wildman–Crippen MR) is 80.6 cm³/mol. The third-order valence-electron chi connectivity index (χ3n) is 3.03. The number of aromatic hydroxyl groups is 1. The van der Waals surface area contributed by atoms with E-state index in [-0.39, 0.29) is 22.3 Å². The van der Waals surface area contributed by atoms with Gasteiger partial charge in [0.1, 0.15) is 5.75 Å². The minimum Gasteiger partial charge on any atom is -0.506 e. The van der Waals surface area contributed by atoms with E-state index in [4.69, 9.17) is 11.6 Å². The number of carbonyl (C=O) groups excluding carboxylic acids is 1. The summed E-state index contributed by atoms with van der Waals surface area (Å²) in [4.78, 5) is 20.0. The van der Waals surface area contributed by atoms with Gasteiger partial charge in [-0.2, -0.15) is 0 Å². The number of hydrogen-bond acceptors (Lipinski definition) is 4. The Morgan fingerprint density at radius 1 is 1.10 bits per heavy atom. The molecule has 0 spiro atoms. The SMILES string of the molecule is O=C(Nc1nccnc1Cl)c1ccc2ccccc2c1O.